The summed E-state index contributed by atoms with van der Waals surface area (Å²) in [7, 11) is 0. The molecule has 6 heteroatoms. The van der Waals surface area contributed by atoms with E-state index in [0.29, 0.717) is 4.67 Å². The molecule has 18 heavy (non-hydrogen) atoms. The highest BCUT2D eigenvalue weighted by molar-refractivity contribution is 9.10. The predicted molar refractivity (Wildman–Crippen MR) is 72.7 cm³/mol. The smallest absolute Gasteiger partial charge is 0.307 e. The minimum absolute atomic E-state index is 0.261. The van der Waals surface area contributed by atoms with Crippen molar-refractivity contribution in [3.05, 3.63) is 22.6 Å². The predicted octanol–water partition coefficient (Wildman–Crippen LogP) is 2.24. The number of halogens is 1. The number of amides is 1. The zero-order valence-electron chi connectivity index (χ0n) is 10.3. The molecule has 2 heterocycles. The molecular weight excluding hydrogens is 298 g/mol. The van der Waals surface area contributed by atoms with Gasteiger partial charge in [0.1, 0.15) is 0 Å². The van der Waals surface area contributed by atoms with Crippen LogP contribution in [0.15, 0.2) is 26.3 Å². The maximum atomic E-state index is 11.7. The SMILES string of the molecule is CCN1CCC(=NNC(=O)c2ccc(Br)o2)CC1. The first kappa shape index (κ1) is 13.3. The highest BCUT2D eigenvalue weighted by Gasteiger charge is 2.14. The number of nitrogens with one attached hydrogen (secondary N) is 1. The maximum absolute atomic E-state index is 11.7. The molecule has 1 fully saturated rings. The molecule has 0 spiro atoms. The van der Waals surface area contributed by atoms with E-state index in [-0.39, 0.29) is 11.7 Å². The molecule has 1 aromatic rings. The fraction of sp³-hybridized carbons (Fsp3) is 0.500. The normalized spacial score (nSPS) is 16.7. The zero-order chi connectivity index (χ0) is 13.0. The largest absolute Gasteiger partial charge is 0.444 e. The van der Waals surface area contributed by atoms with Gasteiger partial charge in [0, 0.05) is 31.6 Å². The van der Waals surface area contributed by atoms with E-state index in [9.17, 15) is 4.79 Å². The van der Waals surface area contributed by atoms with Crippen molar-refractivity contribution in [2.75, 3.05) is 19.6 Å². The van der Waals surface area contributed by atoms with Crippen LogP contribution in [-0.2, 0) is 0 Å². The van der Waals surface area contributed by atoms with Gasteiger partial charge in [-0.2, -0.15) is 5.10 Å². The monoisotopic (exact) mass is 313 g/mol. The molecule has 98 valence electrons. The maximum Gasteiger partial charge on any atom is 0.307 e. The summed E-state index contributed by atoms with van der Waals surface area (Å²) < 4.78 is 5.69. The van der Waals surface area contributed by atoms with E-state index in [4.69, 9.17) is 4.42 Å². The van der Waals surface area contributed by atoms with Gasteiger partial charge in [0.25, 0.3) is 0 Å². The third kappa shape index (κ3) is 3.43. The summed E-state index contributed by atoms with van der Waals surface area (Å²) in [6, 6.07) is 3.29. The van der Waals surface area contributed by atoms with Crippen molar-refractivity contribution in [1.82, 2.24) is 10.3 Å². The third-order valence-electron chi connectivity index (χ3n) is 2.99. The summed E-state index contributed by atoms with van der Waals surface area (Å²) in [6.07, 6.45) is 1.83. The van der Waals surface area contributed by atoms with Crippen LogP contribution in [-0.4, -0.2) is 36.2 Å². The molecule has 0 atom stereocenters. The van der Waals surface area contributed by atoms with Gasteiger partial charge in [0.2, 0.25) is 0 Å². The van der Waals surface area contributed by atoms with Crippen molar-refractivity contribution in [1.29, 1.82) is 0 Å². The molecule has 0 radical (unpaired) electrons. The second-order valence-electron chi connectivity index (χ2n) is 4.16. The first-order chi connectivity index (χ1) is 8.69. The minimum atomic E-state index is -0.314. The molecule has 2 rings (SSSR count). The van der Waals surface area contributed by atoms with Gasteiger partial charge in [-0.25, -0.2) is 5.43 Å². The van der Waals surface area contributed by atoms with Crippen molar-refractivity contribution in [3.63, 3.8) is 0 Å². The number of hydrazone groups is 1. The molecule has 1 aliphatic heterocycles. The van der Waals surface area contributed by atoms with Crippen LogP contribution in [0.25, 0.3) is 0 Å². The van der Waals surface area contributed by atoms with Crippen molar-refractivity contribution in [3.8, 4) is 0 Å². The van der Waals surface area contributed by atoms with E-state index in [0.717, 1.165) is 38.2 Å². The van der Waals surface area contributed by atoms with Gasteiger partial charge in [0.05, 0.1) is 0 Å². The van der Waals surface area contributed by atoms with Gasteiger partial charge in [-0.15, -0.1) is 0 Å². The number of hydrogen-bond acceptors (Lipinski definition) is 4. The van der Waals surface area contributed by atoms with E-state index < -0.39 is 0 Å². The average molecular weight is 314 g/mol. The minimum Gasteiger partial charge on any atom is -0.444 e. The number of piperidine rings is 1. The van der Waals surface area contributed by atoms with Crippen LogP contribution in [0.3, 0.4) is 0 Å². The van der Waals surface area contributed by atoms with Crippen LogP contribution in [0, 0.1) is 0 Å². The molecule has 1 aliphatic rings. The molecule has 0 bridgehead atoms. The second kappa shape index (κ2) is 6.15. The topological polar surface area (TPSA) is 57.8 Å². The highest BCUT2D eigenvalue weighted by atomic mass is 79.9. The Morgan fingerprint density at radius 1 is 1.50 bits per heavy atom. The molecule has 1 N–H and O–H groups in total. The van der Waals surface area contributed by atoms with E-state index >= 15 is 0 Å². The first-order valence-electron chi connectivity index (χ1n) is 6.02. The fourth-order valence-corrected chi connectivity index (χ4v) is 2.17. The second-order valence-corrected chi connectivity index (χ2v) is 4.94. The zero-order valence-corrected chi connectivity index (χ0v) is 11.9. The number of carbonyl (C=O) groups is 1. The van der Waals surface area contributed by atoms with Gasteiger partial charge in [0.15, 0.2) is 10.4 Å². The summed E-state index contributed by atoms with van der Waals surface area (Å²) in [5.74, 6) is -0.0525. The lowest BCUT2D eigenvalue weighted by Crippen LogP contribution is -2.34. The lowest BCUT2D eigenvalue weighted by molar-refractivity contribution is 0.0925. The molecule has 0 aromatic carbocycles. The van der Waals surface area contributed by atoms with Crippen LogP contribution in [0.4, 0.5) is 0 Å². The van der Waals surface area contributed by atoms with Crippen LogP contribution in [0.1, 0.15) is 30.3 Å². The van der Waals surface area contributed by atoms with Gasteiger partial charge in [-0.1, -0.05) is 6.92 Å². The van der Waals surface area contributed by atoms with E-state index in [1.54, 1.807) is 12.1 Å². The Hall–Kier alpha value is -1.14. The Labute approximate surface area is 114 Å². The number of furan rings is 1. The average Bonchev–Trinajstić information content (AvgIpc) is 2.83. The van der Waals surface area contributed by atoms with Crippen molar-refractivity contribution < 1.29 is 9.21 Å². The lowest BCUT2D eigenvalue weighted by Gasteiger charge is -2.25. The molecule has 1 amide bonds. The third-order valence-corrected chi connectivity index (χ3v) is 3.42. The number of hydrogen-bond donors (Lipinski definition) is 1. The van der Waals surface area contributed by atoms with Crippen LogP contribution in [0.5, 0.6) is 0 Å². The van der Waals surface area contributed by atoms with E-state index in [1.165, 1.54) is 0 Å². The van der Waals surface area contributed by atoms with E-state index in [2.05, 4.69) is 38.3 Å². The standard InChI is InChI=1S/C12H16BrN3O2/c1-2-16-7-5-9(6-8-16)14-15-12(17)10-3-4-11(13)18-10/h3-4H,2,5-8H2,1H3,(H,15,17). The Bertz CT molecular complexity index is 446. The number of likely N-dealkylation sites (tertiary alicyclic amines) is 1. The Balaban J connectivity index is 1.86. The Kier molecular flexibility index (Phi) is 4.54. The quantitative estimate of drug-likeness (QED) is 0.871. The van der Waals surface area contributed by atoms with Gasteiger partial charge in [-0.05, 0) is 34.6 Å². The molecule has 0 aliphatic carbocycles. The van der Waals surface area contributed by atoms with Crippen molar-refractivity contribution in [2.24, 2.45) is 5.10 Å². The number of rotatable bonds is 3. The first-order valence-corrected chi connectivity index (χ1v) is 6.82. The van der Waals surface area contributed by atoms with E-state index in [1.807, 2.05) is 0 Å². The summed E-state index contributed by atoms with van der Waals surface area (Å²) in [4.78, 5) is 14.0. The Morgan fingerprint density at radius 3 is 2.78 bits per heavy atom. The number of nitrogens with zero attached hydrogens (tertiary/aromatic N) is 2. The summed E-state index contributed by atoms with van der Waals surface area (Å²) in [5.41, 5.74) is 3.57. The summed E-state index contributed by atoms with van der Waals surface area (Å²) in [5, 5.41) is 4.15. The van der Waals surface area contributed by atoms with Crippen LogP contribution < -0.4 is 5.43 Å². The van der Waals surface area contributed by atoms with Gasteiger partial charge in [-0.3, -0.25) is 4.79 Å². The van der Waals surface area contributed by atoms with Crippen LogP contribution >= 0.6 is 15.9 Å². The molecule has 1 saturated heterocycles. The molecule has 5 nitrogen and oxygen atoms in total. The highest BCUT2D eigenvalue weighted by Crippen LogP contribution is 2.13. The van der Waals surface area contributed by atoms with Crippen molar-refractivity contribution in [2.45, 2.75) is 19.8 Å². The van der Waals surface area contributed by atoms with Crippen molar-refractivity contribution >= 4 is 27.5 Å². The fourth-order valence-electron chi connectivity index (χ4n) is 1.86. The molecule has 0 saturated carbocycles. The van der Waals surface area contributed by atoms with Gasteiger partial charge >= 0.3 is 5.91 Å². The summed E-state index contributed by atoms with van der Waals surface area (Å²) >= 11 is 3.15. The van der Waals surface area contributed by atoms with Gasteiger partial charge < -0.3 is 9.32 Å². The lowest BCUT2D eigenvalue weighted by atomic mass is 10.1. The molecule has 0 unspecified atom stereocenters. The Morgan fingerprint density at radius 2 is 2.22 bits per heavy atom. The number of carbonyl (C=O) groups excluding carboxylic acids is 1. The molecular formula is C12H16BrN3O2. The summed E-state index contributed by atoms with van der Waals surface area (Å²) in [6.45, 7) is 5.24. The van der Waals surface area contributed by atoms with Crippen LogP contribution in [0.2, 0.25) is 0 Å². The molecule has 1 aromatic heterocycles.